The molecule has 0 N–H and O–H groups in total. The largest absolute Gasteiger partial charge is 0.372 e. The van der Waals surface area contributed by atoms with Crippen molar-refractivity contribution in [3.05, 3.63) is 148 Å². The lowest BCUT2D eigenvalue weighted by atomic mass is 10.0. The number of unbranched alkanes of at least 4 members (excludes halogenated alkanes) is 20. The Bertz CT molecular complexity index is 2070. The molecule has 8 aliphatic rings. The first-order valence-corrected chi connectivity index (χ1v) is 44.9. The lowest BCUT2D eigenvalue weighted by Gasteiger charge is -2.30. The van der Waals surface area contributed by atoms with Crippen LogP contribution in [0.5, 0.6) is 0 Å². The van der Waals surface area contributed by atoms with Crippen molar-refractivity contribution in [2.45, 2.75) is 459 Å². The monoisotopic (exact) mass is 1510 g/mol. The Kier molecular flexibility index (Phi) is 57.8. The zero-order valence-electron chi connectivity index (χ0n) is 69.3. The summed E-state index contributed by atoms with van der Waals surface area (Å²) in [4.78, 5) is 44.2. The van der Waals surface area contributed by atoms with Crippen molar-refractivity contribution in [3.8, 4) is 0 Å². The summed E-state index contributed by atoms with van der Waals surface area (Å²) in [5, 5.41) is 0. The molecule has 0 unspecified atom stereocenters. The van der Waals surface area contributed by atoms with Crippen molar-refractivity contribution >= 4 is 0 Å². The Hall–Kier alpha value is -3.60. The number of hydrogen-bond acceptors (Lipinski definition) is 12. The van der Waals surface area contributed by atoms with Crippen LogP contribution in [0.25, 0.3) is 0 Å². The van der Waals surface area contributed by atoms with Gasteiger partial charge in [-0.05, 0) is 257 Å². The molecule has 0 aromatic heterocycles. The molecule has 8 fully saturated rings. The minimum Gasteiger partial charge on any atom is -0.372 e. The predicted octanol–water partition coefficient (Wildman–Crippen LogP) is 27.4. The molecule has 8 heterocycles. The minimum atomic E-state index is 0.149. The second kappa shape index (κ2) is 65.8. The quantitative estimate of drug-likeness (QED) is 0.0250. The summed E-state index contributed by atoms with van der Waals surface area (Å²) < 4.78 is 25.0. The topological polar surface area (TPSA) is 111 Å². The zero-order valence-corrected chi connectivity index (χ0v) is 69.3. The molecule has 616 valence electrons. The van der Waals surface area contributed by atoms with Crippen molar-refractivity contribution in [1.29, 1.82) is 0 Å². The summed E-state index contributed by atoms with van der Waals surface area (Å²) >= 11 is 0. The molecule has 0 bridgehead atoms. The molecule has 16 atom stereocenters. The van der Waals surface area contributed by atoms with E-state index in [4.69, 9.17) is 58.0 Å². The summed E-state index contributed by atoms with van der Waals surface area (Å²) in [5.41, 5.74) is 0. The van der Waals surface area contributed by atoms with Gasteiger partial charge >= 0.3 is 0 Å². The van der Waals surface area contributed by atoms with Gasteiger partial charge in [0.05, 0.1) is 73.2 Å². The van der Waals surface area contributed by atoms with E-state index < -0.39 is 0 Å². The van der Waals surface area contributed by atoms with E-state index in [1.165, 1.54) is 180 Å². The first-order valence-electron chi connectivity index (χ1n) is 44.9. The SMILES string of the molecule is C=CCC/C=C/C=C\CCCCCC[C@H]1CC[C@@H]([C@H]2CC[C@@H](CC)OO2)O1.C=CCC/C=C/C=C\CCCCCC[C@H]1CC[C@H]([C@H]2CC[C@@H](CC)OO2)O1.C=CCC/C=C\C=C/CCCCCC[C@H]1CC[C@@H]([C@H]2CC[C@@H](CC)OO2)O1.C=CCC/C=C\C=C/CCCCCC[C@H]1CC[C@H]([C@H]2CC[C@@H](CC)OO2)O1. The van der Waals surface area contributed by atoms with Gasteiger partial charge in [-0.3, -0.25) is 0 Å². The second-order valence-corrected chi connectivity index (χ2v) is 31.7. The fourth-order valence-corrected chi connectivity index (χ4v) is 15.5. The molecule has 0 aromatic rings. The highest BCUT2D eigenvalue weighted by Crippen LogP contribution is 2.37. The molecular formula is C96H160O12. The standard InChI is InChI=1S/4C24H40O3/c4*1-3-5-6-7-8-9-10-11-12-13-14-15-16-22-18-19-23(25-22)24-20-17-21(4-2)26-27-24/h4*3,7-10,21-24H,1,4-6,11-20H2,2H3/b2*8-7+,10-9-;2*8-7-,10-9-/t21-,22+,23+,24-;21-,22+,23-,24-;21-,22+,23+,24-;21-,22+,23-,24-/m1111/s1. The van der Waals surface area contributed by atoms with E-state index in [1.54, 1.807) is 0 Å². The summed E-state index contributed by atoms with van der Waals surface area (Å²) in [6.45, 7) is 23.5. The van der Waals surface area contributed by atoms with Crippen LogP contribution in [0.1, 0.15) is 362 Å². The second-order valence-electron chi connectivity index (χ2n) is 31.7. The molecule has 0 amide bonds. The van der Waals surface area contributed by atoms with Gasteiger partial charge in [0.1, 0.15) is 24.4 Å². The molecule has 0 saturated carbocycles. The van der Waals surface area contributed by atoms with Gasteiger partial charge in [-0.15, -0.1) is 26.3 Å². The number of hydrogen-bond donors (Lipinski definition) is 0. The third-order valence-corrected chi connectivity index (χ3v) is 22.7. The van der Waals surface area contributed by atoms with E-state index in [1.807, 2.05) is 24.3 Å². The van der Waals surface area contributed by atoms with E-state index in [2.05, 4.69) is 151 Å². The highest BCUT2D eigenvalue weighted by atomic mass is 17.2. The average Bonchev–Trinajstić information content (AvgIpc) is 1.77. The maximum Gasteiger partial charge on any atom is 0.119 e. The van der Waals surface area contributed by atoms with Crippen LogP contribution in [0.4, 0.5) is 0 Å². The summed E-state index contributed by atoms with van der Waals surface area (Å²) in [5.74, 6) is 0. The van der Waals surface area contributed by atoms with Gasteiger partial charge in [0, 0.05) is 0 Å². The van der Waals surface area contributed by atoms with Crippen molar-refractivity contribution in [3.63, 3.8) is 0 Å². The molecule has 8 saturated heterocycles. The van der Waals surface area contributed by atoms with Gasteiger partial charge in [-0.2, -0.15) is 0 Å². The van der Waals surface area contributed by atoms with E-state index in [0.717, 1.165) is 154 Å². The number of allylic oxidation sites excluding steroid dienone is 20. The van der Waals surface area contributed by atoms with Crippen LogP contribution in [-0.2, 0) is 58.0 Å². The Morgan fingerprint density at radius 1 is 0.194 bits per heavy atom. The highest BCUT2D eigenvalue weighted by Gasteiger charge is 2.39. The number of rotatable bonds is 52. The predicted molar refractivity (Wildman–Crippen MR) is 450 cm³/mol. The first kappa shape index (κ1) is 95.0. The van der Waals surface area contributed by atoms with Gasteiger partial charge in [0.15, 0.2) is 0 Å². The summed E-state index contributed by atoms with van der Waals surface area (Å²) in [7, 11) is 0. The average molecular weight is 1510 g/mol. The third kappa shape index (κ3) is 45.3. The van der Waals surface area contributed by atoms with Gasteiger partial charge in [0.25, 0.3) is 0 Å². The van der Waals surface area contributed by atoms with Crippen molar-refractivity contribution in [1.82, 2.24) is 0 Å². The van der Waals surface area contributed by atoms with Crippen LogP contribution in [-0.4, -0.2) is 97.7 Å². The molecule has 8 aliphatic heterocycles. The van der Waals surface area contributed by atoms with Crippen LogP contribution in [0.15, 0.2) is 148 Å². The molecule has 12 heteroatoms. The van der Waals surface area contributed by atoms with Gasteiger partial charge in [-0.25, -0.2) is 39.1 Å². The molecule has 0 radical (unpaired) electrons. The first-order chi connectivity index (χ1) is 53.3. The molecule has 8 rings (SSSR count). The highest BCUT2D eigenvalue weighted by molar-refractivity contribution is 5.05. The van der Waals surface area contributed by atoms with Crippen molar-refractivity contribution in [2.75, 3.05) is 0 Å². The Morgan fingerprint density at radius 3 is 0.565 bits per heavy atom. The molecule has 0 aromatic carbocycles. The van der Waals surface area contributed by atoms with E-state index in [-0.39, 0.29) is 73.2 Å². The molecule has 0 spiro atoms. The van der Waals surface area contributed by atoms with Crippen molar-refractivity contribution in [2.24, 2.45) is 0 Å². The van der Waals surface area contributed by atoms with E-state index >= 15 is 0 Å². The van der Waals surface area contributed by atoms with Crippen molar-refractivity contribution < 1.29 is 58.0 Å². The van der Waals surface area contributed by atoms with Gasteiger partial charge in [-0.1, -0.05) is 226 Å². The summed E-state index contributed by atoms with van der Waals surface area (Å²) in [6.07, 6.45) is 109. The molecule has 108 heavy (non-hydrogen) atoms. The molecular weight excluding hydrogens is 1350 g/mol. The molecule has 12 nitrogen and oxygen atoms in total. The Balaban J connectivity index is 0.000000258. The zero-order chi connectivity index (χ0) is 76.6. The van der Waals surface area contributed by atoms with Crippen LogP contribution >= 0.6 is 0 Å². The minimum absolute atomic E-state index is 0.149. The number of ether oxygens (including phenoxy) is 4. The van der Waals surface area contributed by atoms with Gasteiger partial charge < -0.3 is 18.9 Å². The lowest BCUT2D eigenvalue weighted by molar-refractivity contribution is -0.386. The fourth-order valence-electron chi connectivity index (χ4n) is 15.5. The third-order valence-electron chi connectivity index (χ3n) is 22.7. The normalized spacial score (nSPS) is 29.1. The lowest BCUT2D eigenvalue weighted by Crippen LogP contribution is -2.36. The smallest absolute Gasteiger partial charge is 0.119 e. The summed E-state index contributed by atoms with van der Waals surface area (Å²) in [6, 6.07) is 0. The van der Waals surface area contributed by atoms with Crippen LogP contribution in [0.2, 0.25) is 0 Å². The van der Waals surface area contributed by atoms with E-state index in [9.17, 15) is 0 Å². The molecule has 0 aliphatic carbocycles. The van der Waals surface area contributed by atoms with Gasteiger partial charge in [0.2, 0.25) is 0 Å². The fraction of sp³-hybridized carbons (Fsp3) is 0.750. The van der Waals surface area contributed by atoms with Crippen LogP contribution in [0.3, 0.4) is 0 Å². The van der Waals surface area contributed by atoms with E-state index in [0.29, 0.717) is 24.4 Å². The van der Waals surface area contributed by atoms with Crippen LogP contribution < -0.4 is 0 Å². The maximum atomic E-state index is 6.24. The van der Waals surface area contributed by atoms with Crippen LogP contribution in [0, 0.1) is 0 Å². The maximum absolute atomic E-state index is 6.24. The Morgan fingerprint density at radius 2 is 0.380 bits per heavy atom. The Labute approximate surface area is 661 Å².